The molecule has 0 aliphatic rings. The van der Waals surface area contributed by atoms with Crippen LogP contribution in [0.25, 0.3) is 10.8 Å². The second-order valence-corrected chi connectivity index (χ2v) is 8.15. The quantitative estimate of drug-likeness (QED) is 0.414. The number of hydrogen-bond donors (Lipinski definition) is 0. The van der Waals surface area contributed by atoms with Crippen LogP contribution < -0.4 is 0 Å². The molecule has 0 N–H and O–H groups in total. The van der Waals surface area contributed by atoms with E-state index in [0.717, 1.165) is 32.5 Å². The van der Waals surface area contributed by atoms with Crippen LogP contribution in [0.2, 0.25) is 0 Å². The molecule has 2 rings (SSSR count). The molecule has 0 saturated heterocycles. The van der Waals surface area contributed by atoms with Gasteiger partial charge in [-0.15, -0.1) is 12.4 Å². The molecule has 2 aromatic rings. The van der Waals surface area contributed by atoms with Crippen molar-refractivity contribution in [2.24, 2.45) is 0 Å². The summed E-state index contributed by atoms with van der Waals surface area (Å²) in [6.45, 7) is 13.4. The first kappa shape index (κ1) is 25.0. The van der Waals surface area contributed by atoms with Gasteiger partial charge in [0.25, 0.3) is 0 Å². The molecule has 0 bridgehead atoms. The molecule has 1 unspecified atom stereocenters. The number of fused-ring (bicyclic) bond motifs is 1. The minimum absolute atomic E-state index is 0. The van der Waals surface area contributed by atoms with Gasteiger partial charge in [0.1, 0.15) is 0 Å². The maximum Gasteiger partial charge on any atom is 0.0837 e. The molecule has 1 atom stereocenters. The molecule has 0 aliphatic heterocycles. The lowest BCUT2D eigenvalue weighted by atomic mass is 9.74. The van der Waals surface area contributed by atoms with Crippen LogP contribution in [-0.2, 0) is 5.41 Å². The van der Waals surface area contributed by atoms with Crippen molar-refractivity contribution < 1.29 is 0 Å². The highest BCUT2D eigenvalue weighted by atomic mass is 35.5. The first-order chi connectivity index (χ1) is 13.4. The Morgan fingerprint density at radius 2 is 1.55 bits per heavy atom. The topological polar surface area (TPSA) is 27.0 Å². The third-order valence-corrected chi connectivity index (χ3v) is 5.49. The summed E-state index contributed by atoms with van der Waals surface area (Å²) < 4.78 is 0. The predicted octanol–water partition coefficient (Wildman–Crippen LogP) is 7.06. The zero-order valence-corrected chi connectivity index (χ0v) is 19.4. The standard InChI is InChI=1S/C26H34N2.ClH/c1-6-26(20-27,25-13-9-11-23-10-7-8-12-24(23)25)16-19-28(17-14-21(2)3)18-15-22(4)5;/h7-15H,6,16-19H2,1-5H3;1H. The third-order valence-electron chi connectivity index (χ3n) is 5.49. The molecule has 0 amide bonds. The van der Waals surface area contributed by atoms with E-state index in [1.807, 2.05) is 0 Å². The number of rotatable bonds is 9. The summed E-state index contributed by atoms with van der Waals surface area (Å²) in [7, 11) is 0. The van der Waals surface area contributed by atoms with Crippen LogP contribution in [0.15, 0.2) is 65.8 Å². The van der Waals surface area contributed by atoms with Gasteiger partial charge in [-0.2, -0.15) is 5.26 Å². The first-order valence-electron chi connectivity index (χ1n) is 10.3. The third kappa shape index (κ3) is 6.74. The molecular formula is C26H35ClN2. The van der Waals surface area contributed by atoms with Crippen molar-refractivity contribution in [1.29, 1.82) is 5.26 Å². The molecule has 2 aromatic carbocycles. The van der Waals surface area contributed by atoms with Crippen molar-refractivity contribution in [3.63, 3.8) is 0 Å². The van der Waals surface area contributed by atoms with E-state index in [1.165, 1.54) is 27.5 Å². The van der Waals surface area contributed by atoms with Gasteiger partial charge in [0.05, 0.1) is 11.5 Å². The summed E-state index contributed by atoms with van der Waals surface area (Å²) in [6, 6.07) is 17.5. The summed E-state index contributed by atoms with van der Waals surface area (Å²) in [6.07, 6.45) is 6.20. The Kier molecular flexibility index (Phi) is 10.2. The van der Waals surface area contributed by atoms with Crippen LogP contribution in [-0.4, -0.2) is 24.5 Å². The first-order valence-corrected chi connectivity index (χ1v) is 10.3. The van der Waals surface area contributed by atoms with Gasteiger partial charge in [0, 0.05) is 19.6 Å². The Labute approximate surface area is 183 Å². The van der Waals surface area contributed by atoms with Crippen LogP contribution in [0.3, 0.4) is 0 Å². The van der Waals surface area contributed by atoms with Crippen molar-refractivity contribution >= 4 is 23.2 Å². The van der Waals surface area contributed by atoms with Gasteiger partial charge in [-0.25, -0.2) is 0 Å². The van der Waals surface area contributed by atoms with E-state index in [9.17, 15) is 5.26 Å². The second kappa shape index (κ2) is 11.8. The van der Waals surface area contributed by atoms with Gasteiger partial charge in [0.15, 0.2) is 0 Å². The van der Waals surface area contributed by atoms with Crippen LogP contribution >= 0.6 is 12.4 Å². The van der Waals surface area contributed by atoms with E-state index in [2.05, 4.69) is 100 Å². The average molecular weight is 411 g/mol. The molecule has 0 aliphatic carbocycles. The fourth-order valence-corrected chi connectivity index (χ4v) is 3.57. The lowest BCUT2D eigenvalue weighted by Crippen LogP contribution is -2.33. The van der Waals surface area contributed by atoms with Gasteiger partial charge in [0.2, 0.25) is 0 Å². The molecule has 3 heteroatoms. The van der Waals surface area contributed by atoms with Gasteiger partial charge >= 0.3 is 0 Å². The van der Waals surface area contributed by atoms with Crippen LogP contribution in [0, 0.1) is 11.3 Å². The molecule has 0 spiro atoms. The lowest BCUT2D eigenvalue weighted by Gasteiger charge is -2.30. The van der Waals surface area contributed by atoms with Crippen molar-refractivity contribution in [3.05, 3.63) is 71.3 Å². The number of nitrogens with zero attached hydrogens (tertiary/aromatic N) is 2. The van der Waals surface area contributed by atoms with E-state index in [4.69, 9.17) is 0 Å². The lowest BCUT2D eigenvalue weighted by molar-refractivity contribution is 0.297. The smallest absolute Gasteiger partial charge is 0.0837 e. The number of allylic oxidation sites excluding steroid dienone is 2. The largest absolute Gasteiger partial charge is 0.296 e. The van der Waals surface area contributed by atoms with Crippen molar-refractivity contribution in [3.8, 4) is 6.07 Å². The zero-order valence-electron chi connectivity index (χ0n) is 18.5. The summed E-state index contributed by atoms with van der Waals surface area (Å²) in [5.74, 6) is 0. The highest BCUT2D eigenvalue weighted by molar-refractivity contribution is 5.87. The van der Waals surface area contributed by atoms with Crippen LogP contribution in [0.5, 0.6) is 0 Å². The highest BCUT2D eigenvalue weighted by Gasteiger charge is 2.32. The summed E-state index contributed by atoms with van der Waals surface area (Å²) >= 11 is 0. The van der Waals surface area contributed by atoms with Crippen LogP contribution in [0.1, 0.15) is 53.0 Å². The molecule has 0 heterocycles. The predicted molar refractivity (Wildman–Crippen MR) is 129 cm³/mol. The molecule has 0 fully saturated rings. The fourth-order valence-electron chi connectivity index (χ4n) is 3.57. The Balaban J connectivity index is 0.00000420. The van der Waals surface area contributed by atoms with E-state index in [-0.39, 0.29) is 12.4 Å². The van der Waals surface area contributed by atoms with Crippen molar-refractivity contribution in [2.45, 2.75) is 52.9 Å². The zero-order chi connectivity index (χ0) is 20.6. The average Bonchev–Trinajstić information content (AvgIpc) is 2.70. The summed E-state index contributed by atoms with van der Waals surface area (Å²) in [5.41, 5.74) is 3.37. The minimum atomic E-state index is -0.463. The Morgan fingerprint density at radius 3 is 2.10 bits per heavy atom. The van der Waals surface area contributed by atoms with Gasteiger partial charge in [-0.3, -0.25) is 4.90 Å². The van der Waals surface area contributed by atoms with E-state index >= 15 is 0 Å². The molecule has 156 valence electrons. The van der Waals surface area contributed by atoms with Gasteiger partial charge in [-0.05, 0) is 56.9 Å². The maximum absolute atomic E-state index is 10.2. The number of halogens is 1. The molecule has 0 radical (unpaired) electrons. The Bertz CT molecular complexity index is 858. The Morgan fingerprint density at radius 1 is 0.966 bits per heavy atom. The summed E-state index contributed by atoms with van der Waals surface area (Å²) in [4.78, 5) is 2.44. The van der Waals surface area contributed by atoms with Gasteiger partial charge in [-0.1, -0.05) is 72.7 Å². The molecular weight excluding hydrogens is 376 g/mol. The molecule has 2 nitrogen and oxygen atoms in total. The van der Waals surface area contributed by atoms with Crippen molar-refractivity contribution in [2.75, 3.05) is 19.6 Å². The molecule has 29 heavy (non-hydrogen) atoms. The molecule has 0 aromatic heterocycles. The number of hydrogen-bond acceptors (Lipinski definition) is 2. The van der Waals surface area contributed by atoms with E-state index < -0.39 is 5.41 Å². The Hall–Kier alpha value is -2.08. The normalized spacial score (nSPS) is 12.6. The van der Waals surface area contributed by atoms with Gasteiger partial charge < -0.3 is 0 Å². The minimum Gasteiger partial charge on any atom is -0.296 e. The van der Waals surface area contributed by atoms with E-state index in [1.54, 1.807) is 0 Å². The summed E-state index contributed by atoms with van der Waals surface area (Å²) in [5, 5.41) is 12.7. The van der Waals surface area contributed by atoms with Crippen LogP contribution in [0.4, 0.5) is 0 Å². The SMILES string of the molecule is CCC(C#N)(CCN(CC=C(C)C)CC=C(C)C)c1cccc2ccccc12.Cl. The molecule has 0 saturated carbocycles. The number of benzene rings is 2. The maximum atomic E-state index is 10.2. The number of nitriles is 1. The second-order valence-electron chi connectivity index (χ2n) is 8.15. The highest BCUT2D eigenvalue weighted by Crippen LogP contribution is 2.36. The van der Waals surface area contributed by atoms with E-state index in [0.29, 0.717) is 0 Å². The monoisotopic (exact) mass is 410 g/mol. The fraction of sp³-hybridized carbons (Fsp3) is 0.423. The van der Waals surface area contributed by atoms with Crippen molar-refractivity contribution in [1.82, 2.24) is 4.90 Å².